The lowest BCUT2D eigenvalue weighted by Gasteiger charge is -2.10. The number of anilines is 1. The van der Waals surface area contributed by atoms with Gasteiger partial charge in [-0.1, -0.05) is 32.0 Å². The highest BCUT2D eigenvalue weighted by Crippen LogP contribution is 2.19. The van der Waals surface area contributed by atoms with Gasteiger partial charge in [-0.05, 0) is 18.1 Å². The molecule has 21 heavy (non-hydrogen) atoms. The Morgan fingerprint density at radius 2 is 2.14 bits per heavy atom. The normalized spacial score (nSPS) is 10.4. The zero-order valence-corrected chi connectivity index (χ0v) is 12.2. The molecule has 0 radical (unpaired) electrons. The molecule has 0 aliphatic heterocycles. The van der Waals surface area contributed by atoms with E-state index in [0.717, 1.165) is 10.9 Å². The average molecular weight is 282 g/mol. The third-order valence-electron chi connectivity index (χ3n) is 2.97. The predicted molar refractivity (Wildman–Crippen MR) is 82.8 cm³/mol. The number of pyridine rings is 1. The van der Waals surface area contributed by atoms with Crippen molar-refractivity contribution >= 4 is 22.6 Å². The van der Waals surface area contributed by atoms with Crippen molar-refractivity contribution in [1.82, 2.24) is 10.3 Å². The van der Waals surface area contributed by atoms with E-state index >= 15 is 0 Å². The van der Waals surface area contributed by atoms with Gasteiger partial charge >= 0.3 is 0 Å². The average Bonchev–Trinajstić information content (AvgIpc) is 2.49. The van der Waals surface area contributed by atoms with Gasteiger partial charge < -0.3 is 10.6 Å². The topological polar surface area (TPSA) is 77.8 Å². The van der Waals surface area contributed by atoms with E-state index < -0.39 is 0 Å². The summed E-state index contributed by atoms with van der Waals surface area (Å²) in [6.07, 6.45) is 0. The molecule has 0 unspecified atom stereocenters. The van der Waals surface area contributed by atoms with Gasteiger partial charge in [0.25, 0.3) is 0 Å². The van der Waals surface area contributed by atoms with Crippen molar-refractivity contribution in [3.8, 4) is 6.07 Å². The summed E-state index contributed by atoms with van der Waals surface area (Å²) in [5.41, 5.74) is 1.28. The zero-order valence-electron chi connectivity index (χ0n) is 12.2. The van der Waals surface area contributed by atoms with Crippen molar-refractivity contribution in [1.29, 1.82) is 5.26 Å². The largest absolute Gasteiger partial charge is 0.361 e. The summed E-state index contributed by atoms with van der Waals surface area (Å²) in [6.45, 7) is 4.87. The number of nitrogens with zero attached hydrogens (tertiary/aromatic N) is 2. The van der Waals surface area contributed by atoms with Crippen LogP contribution >= 0.6 is 0 Å². The molecule has 0 aliphatic carbocycles. The fraction of sp³-hybridized carbons (Fsp3) is 0.312. The summed E-state index contributed by atoms with van der Waals surface area (Å²) in [7, 11) is 0. The monoisotopic (exact) mass is 282 g/mol. The van der Waals surface area contributed by atoms with E-state index in [4.69, 9.17) is 0 Å². The third kappa shape index (κ3) is 3.93. The first-order valence-corrected chi connectivity index (χ1v) is 6.90. The van der Waals surface area contributed by atoms with E-state index in [1.165, 1.54) is 0 Å². The van der Waals surface area contributed by atoms with Crippen LogP contribution in [-0.2, 0) is 4.79 Å². The number of benzene rings is 1. The lowest BCUT2D eigenvalue weighted by molar-refractivity contribution is -0.119. The minimum absolute atomic E-state index is 0.0860. The molecule has 0 fully saturated rings. The Hall–Kier alpha value is -2.61. The van der Waals surface area contributed by atoms with Gasteiger partial charge in [-0.15, -0.1) is 0 Å². The second-order valence-electron chi connectivity index (χ2n) is 5.24. The Morgan fingerprint density at radius 3 is 2.86 bits per heavy atom. The number of carbonyl (C=O) groups excluding carboxylic acids is 1. The molecule has 1 aromatic heterocycles. The van der Waals surface area contributed by atoms with E-state index in [9.17, 15) is 10.1 Å². The summed E-state index contributed by atoms with van der Waals surface area (Å²) >= 11 is 0. The highest BCUT2D eigenvalue weighted by Gasteiger charge is 2.07. The first-order valence-electron chi connectivity index (χ1n) is 6.90. The third-order valence-corrected chi connectivity index (χ3v) is 2.97. The molecular formula is C16H18N4O. The van der Waals surface area contributed by atoms with E-state index in [1.54, 1.807) is 6.07 Å². The lowest BCUT2D eigenvalue weighted by atomic mass is 10.1. The summed E-state index contributed by atoms with van der Waals surface area (Å²) in [6, 6.07) is 11.3. The molecule has 2 aromatic rings. The van der Waals surface area contributed by atoms with Gasteiger partial charge in [0.2, 0.25) is 5.91 Å². The molecule has 108 valence electrons. The molecular weight excluding hydrogens is 264 g/mol. The maximum absolute atomic E-state index is 11.7. The summed E-state index contributed by atoms with van der Waals surface area (Å²) in [5, 5.41) is 15.8. The van der Waals surface area contributed by atoms with Gasteiger partial charge in [0, 0.05) is 11.9 Å². The van der Waals surface area contributed by atoms with Crippen molar-refractivity contribution in [2.24, 2.45) is 5.92 Å². The first-order chi connectivity index (χ1) is 10.1. The van der Waals surface area contributed by atoms with Crippen molar-refractivity contribution in [3.05, 3.63) is 35.9 Å². The number of fused-ring (bicyclic) bond motifs is 1. The van der Waals surface area contributed by atoms with Crippen molar-refractivity contribution < 1.29 is 4.79 Å². The quantitative estimate of drug-likeness (QED) is 0.882. The second-order valence-corrected chi connectivity index (χ2v) is 5.24. The minimum Gasteiger partial charge on any atom is -0.361 e. The van der Waals surface area contributed by atoms with Gasteiger partial charge in [0.05, 0.1) is 23.7 Å². The standard InChI is InChI=1S/C16H18N4O/c1-11(2)9-19-16(21)10-18-15-7-12(8-17)13-5-3-4-6-14(13)20-15/h3-7,11H,9-10H2,1-2H3,(H,18,20)(H,19,21). The summed E-state index contributed by atoms with van der Waals surface area (Å²) < 4.78 is 0. The SMILES string of the molecule is CC(C)CNC(=O)CNc1cc(C#N)c2ccccc2n1. The van der Waals surface area contributed by atoms with Gasteiger partial charge in [0.1, 0.15) is 5.82 Å². The highest BCUT2D eigenvalue weighted by atomic mass is 16.1. The molecule has 1 amide bonds. The number of hydrogen-bond donors (Lipinski definition) is 2. The number of aromatic nitrogens is 1. The van der Waals surface area contributed by atoms with Crippen LogP contribution in [0.2, 0.25) is 0 Å². The van der Waals surface area contributed by atoms with Crippen LogP contribution in [0, 0.1) is 17.2 Å². The molecule has 5 nitrogen and oxygen atoms in total. The molecule has 2 rings (SSSR count). The molecule has 1 heterocycles. The Labute approximate surface area is 124 Å². The summed E-state index contributed by atoms with van der Waals surface area (Å²) in [5.74, 6) is 0.861. The number of hydrogen-bond acceptors (Lipinski definition) is 4. The first kappa shape index (κ1) is 14.8. The van der Waals surface area contributed by atoms with Gasteiger partial charge in [0.15, 0.2) is 0 Å². The number of rotatable bonds is 5. The van der Waals surface area contributed by atoms with Crippen molar-refractivity contribution in [2.45, 2.75) is 13.8 Å². The highest BCUT2D eigenvalue weighted by molar-refractivity contribution is 5.87. The lowest BCUT2D eigenvalue weighted by Crippen LogP contribution is -2.32. The Kier molecular flexibility index (Phi) is 4.72. The Morgan fingerprint density at radius 1 is 1.38 bits per heavy atom. The Bertz CT molecular complexity index is 688. The predicted octanol–water partition coefficient (Wildman–Crippen LogP) is 2.29. The zero-order chi connectivity index (χ0) is 15.2. The van der Waals surface area contributed by atoms with E-state index in [2.05, 4.69) is 21.7 Å². The van der Waals surface area contributed by atoms with Crippen molar-refractivity contribution in [3.63, 3.8) is 0 Å². The van der Waals surface area contributed by atoms with Crippen LogP contribution in [0.4, 0.5) is 5.82 Å². The smallest absolute Gasteiger partial charge is 0.239 e. The molecule has 1 aromatic carbocycles. The molecule has 0 saturated carbocycles. The number of carbonyl (C=O) groups is 1. The minimum atomic E-state index is -0.0860. The maximum atomic E-state index is 11.7. The molecule has 0 atom stereocenters. The second kappa shape index (κ2) is 6.71. The van der Waals surface area contributed by atoms with Crippen LogP contribution in [0.1, 0.15) is 19.4 Å². The van der Waals surface area contributed by atoms with E-state index in [1.807, 2.05) is 38.1 Å². The molecule has 2 N–H and O–H groups in total. The van der Waals surface area contributed by atoms with Crippen LogP contribution < -0.4 is 10.6 Å². The van der Waals surface area contributed by atoms with Crippen molar-refractivity contribution in [2.75, 3.05) is 18.4 Å². The van der Waals surface area contributed by atoms with Gasteiger partial charge in [-0.3, -0.25) is 4.79 Å². The molecule has 0 saturated heterocycles. The molecule has 5 heteroatoms. The van der Waals surface area contributed by atoms with Gasteiger partial charge in [-0.25, -0.2) is 4.98 Å². The number of para-hydroxylation sites is 1. The van der Waals surface area contributed by atoms with E-state index in [0.29, 0.717) is 23.8 Å². The Balaban J connectivity index is 2.09. The summed E-state index contributed by atoms with van der Waals surface area (Å²) in [4.78, 5) is 16.1. The number of nitriles is 1. The van der Waals surface area contributed by atoms with Crippen LogP contribution in [0.3, 0.4) is 0 Å². The molecule has 0 spiro atoms. The number of nitrogens with one attached hydrogen (secondary N) is 2. The molecule has 0 aliphatic rings. The fourth-order valence-corrected chi connectivity index (χ4v) is 1.91. The van der Waals surface area contributed by atoms with Crippen LogP contribution in [-0.4, -0.2) is 24.0 Å². The fourth-order valence-electron chi connectivity index (χ4n) is 1.91. The van der Waals surface area contributed by atoms with Crippen LogP contribution in [0.5, 0.6) is 0 Å². The van der Waals surface area contributed by atoms with Crippen LogP contribution in [0.25, 0.3) is 10.9 Å². The maximum Gasteiger partial charge on any atom is 0.239 e. The van der Waals surface area contributed by atoms with E-state index in [-0.39, 0.29) is 12.5 Å². The van der Waals surface area contributed by atoms with Crippen LogP contribution in [0.15, 0.2) is 30.3 Å². The number of amides is 1. The van der Waals surface area contributed by atoms with Gasteiger partial charge in [-0.2, -0.15) is 5.26 Å². The molecule has 0 bridgehead atoms.